The summed E-state index contributed by atoms with van der Waals surface area (Å²) in [5.74, 6) is -2.37. The summed E-state index contributed by atoms with van der Waals surface area (Å²) in [6, 6.07) is 0. The lowest BCUT2D eigenvalue weighted by atomic mass is 9.96. The van der Waals surface area contributed by atoms with Crippen molar-refractivity contribution in [2.24, 2.45) is 11.0 Å². The molecule has 130 valence electrons. The van der Waals surface area contributed by atoms with E-state index in [4.69, 9.17) is 14.2 Å². The Labute approximate surface area is 134 Å². The van der Waals surface area contributed by atoms with Crippen molar-refractivity contribution < 1.29 is 33.3 Å². The molecule has 0 N–H and O–H groups in total. The molecule has 0 aliphatic carbocycles. The van der Waals surface area contributed by atoms with Crippen molar-refractivity contribution in [2.45, 2.75) is 33.4 Å². The minimum atomic E-state index is -0.966. The Hall–Kier alpha value is -2.16. The maximum absolute atomic E-state index is 12.1. The van der Waals surface area contributed by atoms with E-state index in [1.807, 2.05) is 0 Å². The first kappa shape index (κ1) is 18.9. The SMILES string of the molecule is CCOC(=O)C1=NN(C(=O)OC)[C@@H](OCC)C[C@H]1C(=O)OCC. The van der Waals surface area contributed by atoms with Gasteiger partial charge in [-0.1, -0.05) is 0 Å². The van der Waals surface area contributed by atoms with Gasteiger partial charge >= 0.3 is 18.0 Å². The third-order valence-electron chi connectivity index (χ3n) is 3.03. The third-order valence-corrected chi connectivity index (χ3v) is 3.03. The van der Waals surface area contributed by atoms with Gasteiger partial charge in [-0.3, -0.25) is 4.79 Å². The summed E-state index contributed by atoms with van der Waals surface area (Å²) in [4.78, 5) is 36.0. The molecule has 0 aromatic carbocycles. The first-order chi connectivity index (χ1) is 11.0. The second kappa shape index (κ2) is 9.09. The molecule has 23 heavy (non-hydrogen) atoms. The highest BCUT2D eigenvalue weighted by Gasteiger charge is 2.42. The number of carbonyl (C=O) groups is 3. The van der Waals surface area contributed by atoms with Crippen LogP contribution in [-0.4, -0.2) is 61.9 Å². The fraction of sp³-hybridized carbons (Fsp3) is 0.714. The molecule has 0 saturated heterocycles. The Balaban J connectivity index is 3.20. The van der Waals surface area contributed by atoms with Crippen LogP contribution in [0.4, 0.5) is 4.79 Å². The number of hydrogen-bond donors (Lipinski definition) is 0. The Morgan fingerprint density at radius 3 is 2.30 bits per heavy atom. The molecule has 0 fully saturated rings. The van der Waals surface area contributed by atoms with Gasteiger partial charge in [0.05, 0.1) is 20.3 Å². The van der Waals surface area contributed by atoms with Gasteiger partial charge in [0.1, 0.15) is 5.92 Å². The van der Waals surface area contributed by atoms with E-state index in [-0.39, 0.29) is 32.0 Å². The summed E-state index contributed by atoms with van der Waals surface area (Å²) in [6.07, 6.45) is -1.60. The second-order valence-corrected chi connectivity index (χ2v) is 4.47. The third kappa shape index (κ3) is 4.65. The average molecular weight is 330 g/mol. The molecule has 1 amide bonds. The predicted molar refractivity (Wildman–Crippen MR) is 78.5 cm³/mol. The van der Waals surface area contributed by atoms with E-state index in [0.29, 0.717) is 0 Å². The van der Waals surface area contributed by atoms with Gasteiger partial charge in [0.25, 0.3) is 0 Å². The molecular formula is C14H22N2O7. The zero-order chi connectivity index (χ0) is 17.4. The number of ether oxygens (including phenoxy) is 4. The van der Waals surface area contributed by atoms with E-state index < -0.39 is 30.2 Å². The molecule has 9 nitrogen and oxygen atoms in total. The van der Waals surface area contributed by atoms with E-state index in [1.54, 1.807) is 20.8 Å². The van der Waals surface area contributed by atoms with Gasteiger partial charge in [0.15, 0.2) is 11.9 Å². The van der Waals surface area contributed by atoms with Crippen LogP contribution in [0.25, 0.3) is 0 Å². The lowest BCUT2D eigenvalue weighted by molar-refractivity contribution is -0.151. The van der Waals surface area contributed by atoms with E-state index in [9.17, 15) is 14.4 Å². The lowest BCUT2D eigenvalue weighted by Crippen LogP contribution is -2.49. The van der Waals surface area contributed by atoms with Crippen LogP contribution in [0.3, 0.4) is 0 Å². The quantitative estimate of drug-likeness (QED) is 0.527. The number of carbonyl (C=O) groups excluding carboxylic acids is 3. The summed E-state index contributed by atoms with van der Waals surface area (Å²) in [6.45, 7) is 5.58. The summed E-state index contributed by atoms with van der Waals surface area (Å²) < 4.78 is 19.9. The smallest absolute Gasteiger partial charge is 0.432 e. The van der Waals surface area contributed by atoms with Gasteiger partial charge in [0.2, 0.25) is 0 Å². The van der Waals surface area contributed by atoms with Gasteiger partial charge < -0.3 is 18.9 Å². The molecule has 0 aromatic heterocycles. The van der Waals surface area contributed by atoms with Crippen molar-refractivity contribution in [3.63, 3.8) is 0 Å². The van der Waals surface area contributed by atoms with Crippen LogP contribution in [-0.2, 0) is 28.5 Å². The highest BCUT2D eigenvalue weighted by atomic mass is 16.6. The largest absolute Gasteiger partial charge is 0.465 e. The zero-order valence-electron chi connectivity index (χ0n) is 13.7. The Kier molecular flexibility index (Phi) is 7.46. The van der Waals surface area contributed by atoms with Gasteiger partial charge in [-0.2, -0.15) is 10.1 Å². The van der Waals surface area contributed by atoms with Crippen molar-refractivity contribution in [1.29, 1.82) is 0 Å². The van der Waals surface area contributed by atoms with Gasteiger partial charge in [0, 0.05) is 13.0 Å². The number of methoxy groups -OCH3 is 1. The molecule has 0 aromatic rings. The first-order valence-electron chi connectivity index (χ1n) is 7.41. The number of hydrogen-bond acceptors (Lipinski definition) is 8. The van der Waals surface area contributed by atoms with Crippen LogP contribution in [0.1, 0.15) is 27.2 Å². The van der Waals surface area contributed by atoms with Crippen LogP contribution >= 0.6 is 0 Å². The standard InChI is InChI=1S/C14H22N2O7/c1-5-21-10-8-9(12(17)22-6-2)11(13(18)23-7-3)15-16(10)14(19)20-4/h9-10H,5-8H2,1-4H3/t9-,10+/m1/s1. The minimum Gasteiger partial charge on any atom is -0.465 e. The van der Waals surface area contributed by atoms with Crippen LogP contribution < -0.4 is 0 Å². The van der Waals surface area contributed by atoms with Gasteiger partial charge in [-0.15, -0.1) is 0 Å². The van der Waals surface area contributed by atoms with Crippen LogP contribution in [0, 0.1) is 5.92 Å². The molecule has 0 unspecified atom stereocenters. The van der Waals surface area contributed by atoms with E-state index >= 15 is 0 Å². The van der Waals surface area contributed by atoms with E-state index in [0.717, 1.165) is 5.01 Å². The van der Waals surface area contributed by atoms with E-state index in [1.165, 1.54) is 7.11 Å². The number of amides is 1. The van der Waals surface area contributed by atoms with Crippen LogP contribution in [0.2, 0.25) is 0 Å². The van der Waals surface area contributed by atoms with E-state index in [2.05, 4.69) is 9.84 Å². The number of hydrazone groups is 1. The Bertz CT molecular complexity index is 478. The molecule has 1 aliphatic heterocycles. The monoisotopic (exact) mass is 330 g/mol. The first-order valence-corrected chi connectivity index (χ1v) is 7.41. The molecule has 0 saturated carbocycles. The molecule has 2 atom stereocenters. The normalized spacial score (nSPS) is 20.5. The number of rotatable bonds is 6. The number of nitrogens with zero attached hydrogens (tertiary/aromatic N) is 2. The van der Waals surface area contributed by atoms with Crippen LogP contribution in [0.15, 0.2) is 5.10 Å². The fourth-order valence-corrected chi connectivity index (χ4v) is 2.09. The molecule has 0 bridgehead atoms. The summed E-state index contributed by atoms with van der Waals surface area (Å²) in [7, 11) is 1.18. The topological polar surface area (TPSA) is 104 Å². The second-order valence-electron chi connectivity index (χ2n) is 4.47. The van der Waals surface area contributed by atoms with Gasteiger partial charge in [-0.25, -0.2) is 9.59 Å². The Morgan fingerprint density at radius 1 is 1.13 bits per heavy atom. The molecular weight excluding hydrogens is 308 g/mol. The molecule has 0 radical (unpaired) electrons. The summed E-state index contributed by atoms with van der Waals surface area (Å²) in [5.41, 5.74) is -0.202. The van der Waals surface area contributed by atoms with Gasteiger partial charge in [-0.05, 0) is 20.8 Å². The van der Waals surface area contributed by atoms with Crippen molar-refractivity contribution in [2.75, 3.05) is 26.9 Å². The van der Waals surface area contributed by atoms with Crippen molar-refractivity contribution in [3.8, 4) is 0 Å². The predicted octanol–water partition coefficient (Wildman–Crippen LogP) is 0.919. The highest BCUT2D eigenvalue weighted by Crippen LogP contribution is 2.25. The molecule has 1 heterocycles. The number of esters is 2. The molecule has 1 rings (SSSR count). The molecule has 9 heteroatoms. The van der Waals surface area contributed by atoms with Crippen molar-refractivity contribution in [3.05, 3.63) is 0 Å². The zero-order valence-corrected chi connectivity index (χ0v) is 13.7. The summed E-state index contributed by atoms with van der Waals surface area (Å²) >= 11 is 0. The Morgan fingerprint density at radius 2 is 1.78 bits per heavy atom. The maximum Gasteiger partial charge on any atom is 0.432 e. The highest BCUT2D eigenvalue weighted by molar-refractivity contribution is 6.40. The van der Waals surface area contributed by atoms with Crippen molar-refractivity contribution in [1.82, 2.24) is 5.01 Å². The minimum absolute atomic E-state index is 0.0272. The fourth-order valence-electron chi connectivity index (χ4n) is 2.09. The van der Waals surface area contributed by atoms with Crippen molar-refractivity contribution >= 4 is 23.7 Å². The summed E-state index contributed by atoms with van der Waals surface area (Å²) in [5, 5.41) is 4.83. The maximum atomic E-state index is 12.1. The molecule has 0 spiro atoms. The lowest BCUT2D eigenvalue weighted by Gasteiger charge is -2.33. The van der Waals surface area contributed by atoms with Crippen LogP contribution in [0.5, 0.6) is 0 Å². The average Bonchev–Trinajstić information content (AvgIpc) is 2.54. The molecule has 1 aliphatic rings.